The van der Waals surface area contributed by atoms with Crippen molar-refractivity contribution in [2.45, 2.75) is 12.8 Å². The number of thioether (sulfide) groups is 1. The Morgan fingerprint density at radius 2 is 2.25 bits per heavy atom. The summed E-state index contributed by atoms with van der Waals surface area (Å²) in [4.78, 5) is 11.8. The predicted molar refractivity (Wildman–Crippen MR) is 80.3 cm³/mol. The maximum absolute atomic E-state index is 13.8. The summed E-state index contributed by atoms with van der Waals surface area (Å²) in [5, 5.41) is 11.3. The Labute approximate surface area is 123 Å². The SMILES string of the molecule is CSCCCCNC(=O)c1ccc(C#CCO)cc1F. The molecule has 0 fully saturated rings. The van der Waals surface area contributed by atoms with E-state index in [0.717, 1.165) is 18.6 Å². The van der Waals surface area contributed by atoms with Gasteiger partial charge in [-0.3, -0.25) is 4.79 Å². The maximum atomic E-state index is 13.8. The third kappa shape index (κ3) is 5.64. The summed E-state index contributed by atoms with van der Waals surface area (Å²) in [5.74, 6) is 5.07. The quantitative estimate of drug-likeness (QED) is 0.624. The topological polar surface area (TPSA) is 49.3 Å². The Kier molecular flexibility index (Phi) is 7.78. The van der Waals surface area contributed by atoms with E-state index < -0.39 is 11.7 Å². The van der Waals surface area contributed by atoms with Crippen LogP contribution in [0.3, 0.4) is 0 Å². The third-order valence-electron chi connectivity index (χ3n) is 2.59. The van der Waals surface area contributed by atoms with Crippen LogP contribution in [0.2, 0.25) is 0 Å². The lowest BCUT2D eigenvalue weighted by molar-refractivity contribution is 0.0949. The highest BCUT2D eigenvalue weighted by molar-refractivity contribution is 7.98. The van der Waals surface area contributed by atoms with Gasteiger partial charge in [0, 0.05) is 12.1 Å². The number of halogens is 1. The van der Waals surface area contributed by atoms with Gasteiger partial charge in [0.25, 0.3) is 5.91 Å². The highest BCUT2D eigenvalue weighted by Gasteiger charge is 2.11. The van der Waals surface area contributed by atoms with Crippen molar-refractivity contribution in [1.82, 2.24) is 5.32 Å². The largest absolute Gasteiger partial charge is 0.384 e. The Hall–Kier alpha value is -1.51. The first-order valence-electron chi connectivity index (χ1n) is 6.35. The molecule has 1 amide bonds. The number of aliphatic hydroxyl groups is 1. The number of hydrogen-bond donors (Lipinski definition) is 2. The van der Waals surface area contributed by atoms with Crippen LogP contribution in [-0.2, 0) is 0 Å². The number of nitrogens with one attached hydrogen (secondary N) is 1. The molecular formula is C15H18FNO2S. The standard InChI is InChI=1S/C15H18FNO2S/c1-20-10-3-2-8-17-15(19)13-7-6-12(5-4-9-18)11-14(13)16/h6-7,11,18H,2-3,8-10H2,1H3,(H,17,19). The van der Waals surface area contributed by atoms with Crippen LogP contribution in [0.5, 0.6) is 0 Å². The number of aliphatic hydroxyl groups excluding tert-OH is 1. The van der Waals surface area contributed by atoms with Crippen LogP contribution in [0.25, 0.3) is 0 Å². The van der Waals surface area contributed by atoms with Gasteiger partial charge in [-0.25, -0.2) is 4.39 Å². The number of unbranched alkanes of at least 4 members (excludes halogenated alkanes) is 1. The fraction of sp³-hybridized carbons (Fsp3) is 0.400. The summed E-state index contributed by atoms with van der Waals surface area (Å²) in [7, 11) is 0. The molecule has 108 valence electrons. The van der Waals surface area contributed by atoms with Crippen LogP contribution in [0.4, 0.5) is 4.39 Å². The van der Waals surface area contributed by atoms with E-state index in [1.807, 2.05) is 6.26 Å². The zero-order valence-corrected chi connectivity index (χ0v) is 12.2. The average molecular weight is 295 g/mol. The van der Waals surface area contributed by atoms with Gasteiger partial charge in [-0.2, -0.15) is 11.8 Å². The second-order valence-electron chi connectivity index (χ2n) is 4.11. The van der Waals surface area contributed by atoms with Gasteiger partial charge in [-0.1, -0.05) is 11.8 Å². The monoisotopic (exact) mass is 295 g/mol. The number of amides is 1. The minimum Gasteiger partial charge on any atom is -0.384 e. The van der Waals surface area contributed by atoms with Crippen LogP contribution in [-0.4, -0.2) is 36.2 Å². The summed E-state index contributed by atoms with van der Waals surface area (Å²) in [6.45, 7) is 0.269. The van der Waals surface area contributed by atoms with Crippen LogP contribution >= 0.6 is 11.8 Å². The Bertz CT molecular complexity index is 508. The van der Waals surface area contributed by atoms with Crippen molar-refractivity contribution in [2.75, 3.05) is 25.2 Å². The Morgan fingerprint density at radius 1 is 1.45 bits per heavy atom. The number of benzene rings is 1. The molecule has 2 N–H and O–H groups in total. The summed E-state index contributed by atoms with van der Waals surface area (Å²) in [5.41, 5.74) is 0.456. The second-order valence-corrected chi connectivity index (χ2v) is 5.10. The van der Waals surface area contributed by atoms with E-state index in [1.54, 1.807) is 17.8 Å². The van der Waals surface area contributed by atoms with E-state index in [0.29, 0.717) is 12.1 Å². The Morgan fingerprint density at radius 3 is 2.90 bits per heavy atom. The summed E-state index contributed by atoms with van der Waals surface area (Å²) in [6, 6.07) is 4.17. The first kappa shape index (κ1) is 16.5. The van der Waals surface area contributed by atoms with Gasteiger partial charge in [0.1, 0.15) is 12.4 Å². The summed E-state index contributed by atoms with van der Waals surface area (Å²) < 4.78 is 13.8. The third-order valence-corrected chi connectivity index (χ3v) is 3.28. The van der Waals surface area contributed by atoms with Crippen molar-refractivity contribution in [3.05, 3.63) is 35.1 Å². The predicted octanol–water partition coefficient (Wildman–Crippen LogP) is 2.04. The second kappa shape index (κ2) is 9.40. The molecule has 0 saturated heterocycles. The van der Waals surface area contributed by atoms with Crippen molar-refractivity contribution in [1.29, 1.82) is 0 Å². The number of rotatable bonds is 6. The Balaban J connectivity index is 2.56. The molecule has 0 aliphatic rings. The lowest BCUT2D eigenvalue weighted by Crippen LogP contribution is -2.25. The van der Waals surface area contributed by atoms with E-state index in [2.05, 4.69) is 17.2 Å². The fourth-order valence-electron chi connectivity index (χ4n) is 1.59. The molecule has 5 heteroatoms. The number of hydrogen-bond acceptors (Lipinski definition) is 3. The molecule has 0 atom stereocenters. The minimum absolute atomic E-state index is 0.0180. The van der Waals surface area contributed by atoms with Crippen LogP contribution in [0.15, 0.2) is 18.2 Å². The van der Waals surface area contributed by atoms with Gasteiger partial charge in [0.05, 0.1) is 5.56 Å². The lowest BCUT2D eigenvalue weighted by atomic mass is 10.1. The molecule has 0 spiro atoms. The molecule has 3 nitrogen and oxygen atoms in total. The fourth-order valence-corrected chi connectivity index (χ4v) is 2.08. The summed E-state index contributed by atoms with van der Waals surface area (Å²) >= 11 is 1.76. The van der Waals surface area contributed by atoms with E-state index in [4.69, 9.17) is 5.11 Å². The van der Waals surface area contributed by atoms with Gasteiger partial charge in [0.15, 0.2) is 0 Å². The normalized spacial score (nSPS) is 9.75. The van der Waals surface area contributed by atoms with E-state index in [-0.39, 0.29) is 12.2 Å². The van der Waals surface area contributed by atoms with Crippen LogP contribution < -0.4 is 5.32 Å². The van der Waals surface area contributed by atoms with Crippen molar-refractivity contribution >= 4 is 17.7 Å². The molecule has 0 radical (unpaired) electrons. The molecule has 20 heavy (non-hydrogen) atoms. The highest BCUT2D eigenvalue weighted by Crippen LogP contribution is 2.10. The smallest absolute Gasteiger partial charge is 0.254 e. The molecule has 0 aromatic heterocycles. The molecule has 0 heterocycles. The maximum Gasteiger partial charge on any atom is 0.254 e. The number of carbonyl (C=O) groups is 1. The molecule has 0 unspecified atom stereocenters. The molecule has 0 aliphatic heterocycles. The van der Waals surface area contributed by atoms with E-state index in [9.17, 15) is 9.18 Å². The summed E-state index contributed by atoms with van der Waals surface area (Å²) in [6.07, 6.45) is 3.95. The lowest BCUT2D eigenvalue weighted by Gasteiger charge is -2.06. The van der Waals surface area contributed by atoms with Crippen molar-refractivity contribution in [3.63, 3.8) is 0 Å². The molecule has 1 aromatic carbocycles. The first-order valence-corrected chi connectivity index (χ1v) is 7.75. The van der Waals surface area contributed by atoms with Gasteiger partial charge in [-0.05, 0) is 43.0 Å². The highest BCUT2D eigenvalue weighted by atomic mass is 32.2. The zero-order valence-electron chi connectivity index (χ0n) is 11.4. The van der Waals surface area contributed by atoms with Gasteiger partial charge < -0.3 is 10.4 Å². The average Bonchev–Trinajstić information content (AvgIpc) is 2.44. The zero-order chi connectivity index (χ0) is 14.8. The van der Waals surface area contributed by atoms with Crippen LogP contribution in [0, 0.1) is 17.7 Å². The van der Waals surface area contributed by atoms with E-state index >= 15 is 0 Å². The molecule has 0 bridgehead atoms. The van der Waals surface area contributed by atoms with E-state index in [1.165, 1.54) is 12.1 Å². The number of carbonyl (C=O) groups excluding carboxylic acids is 1. The minimum atomic E-state index is -0.601. The van der Waals surface area contributed by atoms with Gasteiger partial charge in [-0.15, -0.1) is 0 Å². The molecule has 0 aliphatic carbocycles. The molecular weight excluding hydrogens is 277 g/mol. The molecule has 0 saturated carbocycles. The van der Waals surface area contributed by atoms with Crippen molar-refractivity contribution in [3.8, 4) is 11.8 Å². The first-order chi connectivity index (χ1) is 9.69. The van der Waals surface area contributed by atoms with Crippen molar-refractivity contribution in [2.24, 2.45) is 0 Å². The van der Waals surface area contributed by atoms with Crippen LogP contribution in [0.1, 0.15) is 28.8 Å². The van der Waals surface area contributed by atoms with Gasteiger partial charge >= 0.3 is 0 Å². The molecule has 1 aromatic rings. The van der Waals surface area contributed by atoms with Gasteiger partial charge in [0.2, 0.25) is 0 Å². The van der Waals surface area contributed by atoms with Crippen molar-refractivity contribution < 1.29 is 14.3 Å². The molecule has 1 rings (SSSR count).